The molecule has 0 saturated carbocycles. The Labute approximate surface area is 117 Å². The normalized spacial score (nSPS) is 10.4. The lowest BCUT2D eigenvalue weighted by molar-refractivity contribution is 0.483. The quantitative estimate of drug-likeness (QED) is 0.690. The second-order valence-corrected chi connectivity index (χ2v) is 4.67. The van der Waals surface area contributed by atoms with E-state index in [1.165, 1.54) is 0 Å². The summed E-state index contributed by atoms with van der Waals surface area (Å²) < 4.78 is 5.27. The fourth-order valence-electron chi connectivity index (χ4n) is 2.34. The van der Waals surface area contributed by atoms with E-state index in [9.17, 15) is 4.79 Å². The van der Waals surface area contributed by atoms with Crippen LogP contribution in [0.5, 0.6) is 0 Å². The van der Waals surface area contributed by atoms with E-state index in [2.05, 4.69) is 0 Å². The molecule has 0 aliphatic carbocycles. The minimum absolute atomic E-state index is 0.296. The maximum atomic E-state index is 12.3. The van der Waals surface area contributed by atoms with Crippen LogP contribution < -0.4 is 5.63 Å². The minimum Gasteiger partial charge on any atom is -0.428 e. The largest absolute Gasteiger partial charge is 0.428 e. The Kier molecular flexibility index (Phi) is 3.21. The van der Waals surface area contributed by atoms with E-state index in [1.807, 2.05) is 66.7 Å². The van der Waals surface area contributed by atoms with Gasteiger partial charge in [-0.1, -0.05) is 60.7 Å². The van der Waals surface area contributed by atoms with Gasteiger partial charge >= 0.3 is 5.63 Å². The van der Waals surface area contributed by atoms with Crippen molar-refractivity contribution < 1.29 is 4.42 Å². The fourth-order valence-corrected chi connectivity index (χ4v) is 2.34. The highest BCUT2D eigenvalue weighted by molar-refractivity contribution is 5.82. The Balaban J connectivity index is 2.32. The van der Waals surface area contributed by atoms with Crippen molar-refractivity contribution >= 4 is 0 Å². The summed E-state index contributed by atoms with van der Waals surface area (Å²) >= 11 is 0. The van der Waals surface area contributed by atoms with Crippen LogP contribution in [-0.2, 0) is 0 Å². The van der Waals surface area contributed by atoms with Crippen molar-refractivity contribution in [2.75, 3.05) is 0 Å². The molecule has 1 aromatic heterocycles. The molecule has 0 N–H and O–H groups in total. The molecule has 0 fully saturated rings. The van der Waals surface area contributed by atoms with Crippen molar-refractivity contribution in [2.24, 2.45) is 0 Å². The summed E-state index contributed by atoms with van der Waals surface area (Å²) in [5, 5.41) is 0. The summed E-state index contributed by atoms with van der Waals surface area (Å²) in [6, 6.07) is 21.4. The predicted octanol–water partition coefficient (Wildman–Crippen LogP) is 4.28. The Morgan fingerprint density at radius 2 is 1.35 bits per heavy atom. The highest BCUT2D eigenvalue weighted by Gasteiger charge is 2.13. The van der Waals surface area contributed by atoms with E-state index in [1.54, 1.807) is 6.92 Å². The van der Waals surface area contributed by atoms with Gasteiger partial charge in [0.15, 0.2) is 0 Å². The predicted molar refractivity (Wildman–Crippen MR) is 80.6 cm³/mol. The molecule has 0 amide bonds. The van der Waals surface area contributed by atoms with E-state index in [-0.39, 0.29) is 5.63 Å². The minimum atomic E-state index is -0.296. The number of hydrogen-bond donors (Lipinski definition) is 0. The van der Waals surface area contributed by atoms with Gasteiger partial charge in [-0.15, -0.1) is 0 Å². The molecule has 2 heteroatoms. The third kappa shape index (κ3) is 2.28. The van der Waals surface area contributed by atoms with Gasteiger partial charge in [-0.3, -0.25) is 0 Å². The van der Waals surface area contributed by atoms with Crippen LogP contribution in [-0.4, -0.2) is 0 Å². The molecule has 2 aromatic carbocycles. The van der Waals surface area contributed by atoms with Gasteiger partial charge in [0, 0.05) is 5.56 Å². The van der Waals surface area contributed by atoms with Crippen molar-refractivity contribution in [1.29, 1.82) is 0 Å². The summed E-state index contributed by atoms with van der Waals surface area (Å²) in [7, 11) is 0. The summed E-state index contributed by atoms with van der Waals surface area (Å²) in [6.45, 7) is 1.79. The van der Waals surface area contributed by atoms with Crippen molar-refractivity contribution in [3.63, 3.8) is 0 Å². The molecule has 0 saturated heterocycles. The van der Waals surface area contributed by atoms with Crippen molar-refractivity contribution in [2.45, 2.75) is 6.92 Å². The van der Waals surface area contributed by atoms with E-state index in [0.29, 0.717) is 11.3 Å². The van der Waals surface area contributed by atoms with Gasteiger partial charge in [0.05, 0.1) is 5.56 Å². The Morgan fingerprint density at radius 1 is 0.800 bits per heavy atom. The molecule has 3 aromatic rings. The SMILES string of the molecule is Cc1cc(-c2ccccc2)c(-c2ccccc2)c(=O)o1. The van der Waals surface area contributed by atoms with Gasteiger partial charge in [-0.2, -0.15) is 0 Å². The first-order valence-corrected chi connectivity index (χ1v) is 6.51. The Morgan fingerprint density at radius 3 is 1.95 bits per heavy atom. The van der Waals surface area contributed by atoms with Crippen molar-refractivity contribution in [3.05, 3.63) is 82.9 Å². The van der Waals surface area contributed by atoms with Crippen LogP contribution in [0.25, 0.3) is 22.3 Å². The van der Waals surface area contributed by atoms with Crippen LogP contribution in [0.15, 0.2) is 75.9 Å². The monoisotopic (exact) mass is 262 g/mol. The van der Waals surface area contributed by atoms with Gasteiger partial charge in [0.2, 0.25) is 0 Å². The smallest absolute Gasteiger partial charge is 0.344 e. The zero-order valence-electron chi connectivity index (χ0n) is 11.2. The molecule has 0 bridgehead atoms. The molecular weight excluding hydrogens is 248 g/mol. The fraction of sp³-hybridized carbons (Fsp3) is 0.0556. The van der Waals surface area contributed by atoms with Crippen LogP contribution in [0.2, 0.25) is 0 Å². The topological polar surface area (TPSA) is 30.2 Å². The van der Waals surface area contributed by atoms with Crippen LogP contribution in [0.3, 0.4) is 0 Å². The van der Waals surface area contributed by atoms with Crippen molar-refractivity contribution in [3.8, 4) is 22.3 Å². The molecular formula is C18H14O2. The lowest BCUT2D eigenvalue weighted by Crippen LogP contribution is -2.06. The van der Waals surface area contributed by atoms with Crippen LogP contribution in [0.4, 0.5) is 0 Å². The third-order valence-corrected chi connectivity index (χ3v) is 3.22. The highest BCUT2D eigenvalue weighted by atomic mass is 16.4. The number of aryl methyl sites for hydroxylation is 1. The average Bonchev–Trinajstić information content (AvgIpc) is 2.48. The molecule has 0 spiro atoms. The summed E-state index contributed by atoms with van der Waals surface area (Å²) in [4.78, 5) is 12.3. The second kappa shape index (κ2) is 5.17. The number of benzene rings is 2. The van der Waals surface area contributed by atoms with E-state index in [0.717, 1.165) is 16.7 Å². The maximum absolute atomic E-state index is 12.3. The molecule has 98 valence electrons. The lowest BCUT2D eigenvalue weighted by Gasteiger charge is -2.09. The molecule has 20 heavy (non-hydrogen) atoms. The zero-order valence-corrected chi connectivity index (χ0v) is 11.2. The van der Waals surface area contributed by atoms with Gasteiger partial charge in [-0.25, -0.2) is 4.79 Å². The van der Waals surface area contributed by atoms with E-state index < -0.39 is 0 Å². The number of hydrogen-bond acceptors (Lipinski definition) is 2. The van der Waals surface area contributed by atoms with Gasteiger partial charge < -0.3 is 4.42 Å². The van der Waals surface area contributed by atoms with Crippen LogP contribution in [0, 0.1) is 6.92 Å². The van der Waals surface area contributed by atoms with Crippen LogP contribution in [0.1, 0.15) is 5.76 Å². The highest BCUT2D eigenvalue weighted by Crippen LogP contribution is 2.29. The van der Waals surface area contributed by atoms with Crippen LogP contribution >= 0.6 is 0 Å². The average molecular weight is 262 g/mol. The number of rotatable bonds is 2. The third-order valence-electron chi connectivity index (χ3n) is 3.22. The van der Waals surface area contributed by atoms with Gasteiger partial charge in [0.1, 0.15) is 5.76 Å². The Hall–Kier alpha value is -2.61. The molecule has 0 atom stereocenters. The van der Waals surface area contributed by atoms with Gasteiger partial charge in [-0.05, 0) is 24.1 Å². The molecule has 0 aliphatic rings. The summed E-state index contributed by atoms with van der Waals surface area (Å²) in [6.07, 6.45) is 0. The molecule has 0 aliphatic heterocycles. The molecule has 1 heterocycles. The van der Waals surface area contributed by atoms with E-state index >= 15 is 0 Å². The lowest BCUT2D eigenvalue weighted by atomic mass is 9.96. The molecule has 0 unspecified atom stereocenters. The summed E-state index contributed by atoms with van der Waals surface area (Å²) in [5.74, 6) is 0.619. The van der Waals surface area contributed by atoms with E-state index in [4.69, 9.17) is 4.42 Å². The zero-order chi connectivity index (χ0) is 13.9. The first-order valence-electron chi connectivity index (χ1n) is 6.51. The van der Waals surface area contributed by atoms with Crippen molar-refractivity contribution in [1.82, 2.24) is 0 Å². The summed E-state index contributed by atoms with van der Waals surface area (Å²) in [5.41, 5.74) is 3.12. The Bertz CT molecular complexity index is 772. The molecule has 0 radical (unpaired) electrons. The standard InChI is InChI=1S/C18H14O2/c1-13-12-16(14-8-4-2-5-9-14)17(18(19)20-13)15-10-6-3-7-11-15/h2-12H,1H3. The molecule has 2 nitrogen and oxygen atoms in total. The first-order chi connectivity index (χ1) is 9.75. The second-order valence-electron chi connectivity index (χ2n) is 4.67. The van der Waals surface area contributed by atoms with Gasteiger partial charge in [0.25, 0.3) is 0 Å². The molecule has 3 rings (SSSR count). The first kappa shape index (κ1) is 12.4. The maximum Gasteiger partial charge on any atom is 0.344 e.